The van der Waals surface area contributed by atoms with Crippen molar-refractivity contribution in [2.24, 2.45) is 10.9 Å². The van der Waals surface area contributed by atoms with E-state index in [1.54, 1.807) is 18.6 Å². The van der Waals surface area contributed by atoms with Crippen LogP contribution in [-0.4, -0.2) is 30.2 Å². The second kappa shape index (κ2) is 9.17. The molecule has 1 aliphatic carbocycles. The first-order chi connectivity index (χ1) is 13.1. The Morgan fingerprint density at radius 1 is 1.26 bits per heavy atom. The molecule has 0 aliphatic heterocycles. The first kappa shape index (κ1) is 19.6. The number of aromatic nitrogens is 1. The van der Waals surface area contributed by atoms with Gasteiger partial charge in [0.2, 0.25) is 5.91 Å². The minimum Gasteiger partial charge on any atom is -0.497 e. The summed E-state index contributed by atoms with van der Waals surface area (Å²) in [6.45, 7) is 2.14. The van der Waals surface area contributed by atoms with Gasteiger partial charge in [0.25, 0.3) is 0 Å². The largest absolute Gasteiger partial charge is 0.497 e. The molecule has 0 N–H and O–H groups in total. The normalized spacial score (nSPS) is 15.9. The highest BCUT2D eigenvalue weighted by molar-refractivity contribution is 7.16. The Hall–Kier alpha value is -2.15. The highest BCUT2D eigenvalue weighted by Crippen LogP contribution is 2.27. The lowest BCUT2D eigenvalue weighted by Gasteiger charge is -2.19. The maximum Gasteiger partial charge on any atom is 0.326 e. The van der Waals surface area contributed by atoms with Crippen LogP contribution in [0.15, 0.2) is 23.2 Å². The average molecular weight is 391 g/mol. The maximum atomic E-state index is 12.5. The highest BCUT2D eigenvalue weighted by Gasteiger charge is 2.18. The molecular weight excluding hydrogens is 364 g/mol. The zero-order chi connectivity index (χ0) is 19.2. The number of thiazole rings is 1. The third kappa shape index (κ3) is 4.97. The molecule has 2 aromatic rings. The quantitative estimate of drug-likeness (QED) is 0.706. The van der Waals surface area contributed by atoms with Crippen molar-refractivity contribution in [3.05, 3.63) is 23.0 Å². The van der Waals surface area contributed by atoms with Gasteiger partial charge >= 0.3 is 5.97 Å². The Bertz CT molecular complexity index is 878. The van der Waals surface area contributed by atoms with E-state index < -0.39 is 0 Å². The second-order valence-electron chi connectivity index (χ2n) is 6.82. The fourth-order valence-electron chi connectivity index (χ4n) is 3.54. The number of carbonyl (C=O) groups excluding carboxylic acids is 2. The number of amides is 1. The number of hydrogen-bond acceptors (Lipinski definition) is 5. The molecule has 1 fully saturated rings. The molecule has 1 heterocycles. The van der Waals surface area contributed by atoms with E-state index in [1.807, 2.05) is 18.2 Å². The van der Waals surface area contributed by atoms with Gasteiger partial charge in [-0.3, -0.25) is 9.59 Å². The van der Waals surface area contributed by atoms with Crippen LogP contribution in [0.1, 0.15) is 45.4 Å². The van der Waals surface area contributed by atoms with Gasteiger partial charge in [-0.05, 0) is 43.9 Å². The van der Waals surface area contributed by atoms with Gasteiger partial charge < -0.3 is 14.0 Å². The molecule has 0 saturated heterocycles. The summed E-state index contributed by atoms with van der Waals surface area (Å²) in [5, 5.41) is 0. The van der Waals surface area contributed by atoms with Crippen LogP contribution in [0.2, 0.25) is 0 Å². The van der Waals surface area contributed by atoms with Gasteiger partial charge in [0.1, 0.15) is 12.3 Å². The first-order valence-corrected chi connectivity index (χ1v) is 10.3. The van der Waals surface area contributed by atoms with Crippen molar-refractivity contribution in [2.75, 3.05) is 13.7 Å². The van der Waals surface area contributed by atoms with Crippen LogP contribution in [0.25, 0.3) is 10.2 Å². The van der Waals surface area contributed by atoms with E-state index in [0.29, 0.717) is 23.7 Å². The van der Waals surface area contributed by atoms with Crippen LogP contribution in [0.5, 0.6) is 5.75 Å². The number of carbonyl (C=O) groups is 2. The maximum absolute atomic E-state index is 12.5. The molecule has 1 aromatic heterocycles. The van der Waals surface area contributed by atoms with Gasteiger partial charge in [-0.25, -0.2) is 0 Å². The summed E-state index contributed by atoms with van der Waals surface area (Å²) in [6, 6.07) is 5.62. The molecule has 0 unspecified atom stereocenters. The average Bonchev–Trinajstić information content (AvgIpc) is 2.98. The third-order valence-corrected chi connectivity index (χ3v) is 5.93. The number of fused-ring (bicyclic) bond motifs is 1. The molecule has 0 atom stereocenters. The Balaban J connectivity index is 1.93. The van der Waals surface area contributed by atoms with Crippen molar-refractivity contribution in [3.63, 3.8) is 0 Å². The smallest absolute Gasteiger partial charge is 0.326 e. The first-order valence-electron chi connectivity index (χ1n) is 9.51. The van der Waals surface area contributed by atoms with Crippen LogP contribution >= 0.6 is 11.3 Å². The van der Waals surface area contributed by atoms with Crippen LogP contribution in [0, 0.1) is 5.92 Å². The predicted molar refractivity (Wildman–Crippen MR) is 105 cm³/mol. The SMILES string of the molecule is CCOC(=O)Cn1c(=NC(=O)CC2CCCCC2)sc2cc(OC)ccc21. The zero-order valence-corrected chi connectivity index (χ0v) is 16.7. The van der Waals surface area contributed by atoms with Crippen LogP contribution in [0.3, 0.4) is 0 Å². The van der Waals surface area contributed by atoms with Crippen molar-refractivity contribution in [1.82, 2.24) is 4.57 Å². The zero-order valence-electron chi connectivity index (χ0n) is 15.9. The molecular formula is C20H26N2O4S. The van der Waals surface area contributed by atoms with E-state index in [-0.39, 0.29) is 18.4 Å². The Morgan fingerprint density at radius 3 is 2.74 bits per heavy atom. The summed E-state index contributed by atoms with van der Waals surface area (Å²) < 4.78 is 13.0. The molecule has 1 aliphatic rings. The summed E-state index contributed by atoms with van der Waals surface area (Å²) in [7, 11) is 1.61. The van der Waals surface area contributed by atoms with E-state index in [2.05, 4.69) is 4.99 Å². The molecule has 0 bridgehead atoms. The molecule has 0 spiro atoms. The topological polar surface area (TPSA) is 69.9 Å². The van der Waals surface area contributed by atoms with E-state index in [4.69, 9.17) is 9.47 Å². The predicted octanol–water partition coefficient (Wildman–Crippen LogP) is 3.67. The minimum absolute atomic E-state index is 0.0374. The van der Waals surface area contributed by atoms with Crippen molar-refractivity contribution in [2.45, 2.75) is 52.0 Å². The highest BCUT2D eigenvalue weighted by atomic mass is 32.1. The second-order valence-corrected chi connectivity index (χ2v) is 7.83. The van der Waals surface area contributed by atoms with Crippen molar-refractivity contribution >= 4 is 33.4 Å². The molecule has 7 heteroatoms. The summed E-state index contributed by atoms with van der Waals surface area (Å²) in [4.78, 5) is 29.5. The van der Waals surface area contributed by atoms with Gasteiger partial charge in [-0.2, -0.15) is 4.99 Å². The lowest BCUT2D eigenvalue weighted by atomic mass is 9.87. The van der Waals surface area contributed by atoms with E-state index >= 15 is 0 Å². The van der Waals surface area contributed by atoms with Crippen LogP contribution < -0.4 is 9.54 Å². The van der Waals surface area contributed by atoms with Crippen LogP contribution in [-0.2, 0) is 20.9 Å². The standard InChI is InChI=1S/C20H26N2O4S/c1-3-26-19(24)13-22-16-10-9-15(25-2)12-17(16)27-20(22)21-18(23)11-14-7-5-4-6-8-14/h9-10,12,14H,3-8,11,13H2,1-2H3. The van der Waals surface area contributed by atoms with Crippen LogP contribution in [0.4, 0.5) is 0 Å². The number of rotatable bonds is 6. The number of hydrogen-bond donors (Lipinski definition) is 0. The molecule has 0 radical (unpaired) electrons. The van der Waals surface area contributed by atoms with Crippen molar-refractivity contribution in [3.8, 4) is 5.75 Å². The van der Waals surface area contributed by atoms with Gasteiger partial charge in [-0.15, -0.1) is 0 Å². The number of nitrogens with zero attached hydrogens (tertiary/aromatic N) is 2. The number of ether oxygens (including phenoxy) is 2. The fourth-order valence-corrected chi connectivity index (χ4v) is 4.62. The van der Waals surface area contributed by atoms with Gasteiger partial charge in [0, 0.05) is 6.42 Å². The number of esters is 1. The summed E-state index contributed by atoms with van der Waals surface area (Å²) >= 11 is 1.39. The monoisotopic (exact) mass is 390 g/mol. The Labute approximate surface area is 162 Å². The Kier molecular flexibility index (Phi) is 6.66. The molecule has 1 saturated carbocycles. The minimum atomic E-state index is -0.339. The van der Waals surface area contributed by atoms with E-state index in [9.17, 15) is 9.59 Å². The Morgan fingerprint density at radius 2 is 2.04 bits per heavy atom. The fraction of sp³-hybridized carbons (Fsp3) is 0.550. The van der Waals surface area contributed by atoms with Crippen molar-refractivity contribution in [1.29, 1.82) is 0 Å². The van der Waals surface area contributed by atoms with E-state index in [1.165, 1.54) is 30.6 Å². The molecule has 27 heavy (non-hydrogen) atoms. The summed E-state index contributed by atoms with van der Waals surface area (Å²) in [5.41, 5.74) is 0.845. The van der Waals surface area contributed by atoms with E-state index in [0.717, 1.165) is 28.8 Å². The third-order valence-electron chi connectivity index (χ3n) is 4.89. The van der Waals surface area contributed by atoms with Gasteiger partial charge in [0.05, 0.1) is 23.9 Å². The molecule has 3 rings (SSSR count). The molecule has 146 valence electrons. The molecule has 6 nitrogen and oxygen atoms in total. The lowest BCUT2D eigenvalue weighted by Crippen LogP contribution is -2.23. The van der Waals surface area contributed by atoms with Gasteiger partial charge in [0.15, 0.2) is 4.80 Å². The number of methoxy groups -OCH3 is 1. The summed E-state index contributed by atoms with van der Waals surface area (Å²) in [6.07, 6.45) is 6.35. The number of benzene rings is 1. The van der Waals surface area contributed by atoms with Gasteiger partial charge in [-0.1, -0.05) is 30.6 Å². The molecule has 1 amide bonds. The van der Waals surface area contributed by atoms with Crippen molar-refractivity contribution < 1.29 is 19.1 Å². The molecule has 1 aromatic carbocycles. The lowest BCUT2D eigenvalue weighted by molar-refractivity contribution is -0.143. The summed E-state index contributed by atoms with van der Waals surface area (Å²) in [5.74, 6) is 0.710.